The number of methoxy groups -OCH3 is 1. The van der Waals surface area contributed by atoms with Gasteiger partial charge in [-0.05, 0) is 13.3 Å². The van der Waals surface area contributed by atoms with Crippen molar-refractivity contribution in [2.75, 3.05) is 7.11 Å². The van der Waals surface area contributed by atoms with Crippen LogP contribution in [0.25, 0.3) is 0 Å². The molecule has 72 valence electrons. The van der Waals surface area contributed by atoms with Gasteiger partial charge in [0.05, 0.1) is 6.10 Å². The SMILES string of the molecule is CC[C@H]1O[C@H](OC)C(C)(O)[C@H]1F. The van der Waals surface area contributed by atoms with Gasteiger partial charge in [0.25, 0.3) is 0 Å². The average molecular weight is 178 g/mol. The summed E-state index contributed by atoms with van der Waals surface area (Å²) in [6.45, 7) is 3.20. The minimum atomic E-state index is -1.52. The van der Waals surface area contributed by atoms with E-state index in [4.69, 9.17) is 9.47 Å². The fraction of sp³-hybridized carbons (Fsp3) is 1.00. The van der Waals surface area contributed by atoms with Crippen LogP contribution in [0.15, 0.2) is 0 Å². The summed E-state index contributed by atoms with van der Waals surface area (Å²) in [5.41, 5.74) is -1.52. The third-order valence-corrected chi connectivity index (χ3v) is 2.28. The lowest BCUT2D eigenvalue weighted by atomic mass is 9.98. The van der Waals surface area contributed by atoms with Crippen LogP contribution in [0.2, 0.25) is 0 Å². The van der Waals surface area contributed by atoms with Crippen LogP contribution >= 0.6 is 0 Å². The zero-order valence-corrected chi connectivity index (χ0v) is 7.58. The van der Waals surface area contributed by atoms with E-state index in [9.17, 15) is 9.50 Å². The highest BCUT2D eigenvalue weighted by Crippen LogP contribution is 2.34. The standard InChI is InChI=1S/C8H15FO3/c1-4-5-6(9)8(2,10)7(11-3)12-5/h5-7,10H,4H2,1-3H3/t5-,6+,7+,8?/m1/s1. The molecule has 1 fully saturated rings. The van der Waals surface area contributed by atoms with Crippen LogP contribution in [-0.2, 0) is 9.47 Å². The molecule has 4 atom stereocenters. The molecule has 1 unspecified atom stereocenters. The molecule has 0 amide bonds. The van der Waals surface area contributed by atoms with Crippen molar-refractivity contribution in [1.82, 2.24) is 0 Å². The molecule has 0 radical (unpaired) electrons. The van der Waals surface area contributed by atoms with Crippen LogP contribution in [0, 0.1) is 0 Å². The lowest BCUT2D eigenvalue weighted by Crippen LogP contribution is -2.43. The van der Waals surface area contributed by atoms with Crippen molar-refractivity contribution in [3.8, 4) is 0 Å². The van der Waals surface area contributed by atoms with Gasteiger partial charge in [0, 0.05) is 7.11 Å². The van der Waals surface area contributed by atoms with Crippen molar-refractivity contribution >= 4 is 0 Å². The molecule has 12 heavy (non-hydrogen) atoms. The van der Waals surface area contributed by atoms with Crippen LogP contribution in [0.4, 0.5) is 4.39 Å². The molecule has 0 aliphatic carbocycles. The van der Waals surface area contributed by atoms with E-state index in [1.165, 1.54) is 14.0 Å². The Kier molecular flexibility index (Phi) is 2.70. The van der Waals surface area contributed by atoms with Crippen molar-refractivity contribution in [2.24, 2.45) is 0 Å². The minimum absolute atomic E-state index is 0.539. The molecule has 0 aromatic rings. The second kappa shape index (κ2) is 3.28. The lowest BCUT2D eigenvalue weighted by Gasteiger charge is -2.23. The van der Waals surface area contributed by atoms with E-state index in [-0.39, 0.29) is 0 Å². The first-order valence-electron chi connectivity index (χ1n) is 4.08. The van der Waals surface area contributed by atoms with E-state index in [0.29, 0.717) is 6.42 Å². The van der Waals surface area contributed by atoms with Crippen LogP contribution in [0.5, 0.6) is 0 Å². The number of ether oxygens (including phenoxy) is 2. The summed E-state index contributed by atoms with van der Waals surface area (Å²) in [7, 11) is 1.39. The number of aliphatic hydroxyl groups is 1. The van der Waals surface area contributed by atoms with Crippen LogP contribution in [-0.4, -0.2) is 36.4 Å². The molecule has 4 heteroatoms. The van der Waals surface area contributed by atoms with Gasteiger partial charge >= 0.3 is 0 Å². The molecule has 0 aromatic carbocycles. The maximum absolute atomic E-state index is 13.3. The van der Waals surface area contributed by atoms with Gasteiger partial charge < -0.3 is 14.6 Å². The molecule has 0 aromatic heterocycles. The maximum atomic E-state index is 13.3. The summed E-state index contributed by atoms with van der Waals surface area (Å²) in [6, 6.07) is 0. The van der Waals surface area contributed by atoms with Crippen LogP contribution < -0.4 is 0 Å². The molecule has 0 bridgehead atoms. The summed E-state index contributed by atoms with van der Waals surface area (Å²) in [6.07, 6.45) is -2.23. The molecule has 1 aliphatic rings. The highest BCUT2D eigenvalue weighted by Gasteiger charge is 2.53. The van der Waals surface area contributed by atoms with Crippen molar-refractivity contribution in [3.63, 3.8) is 0 Å². The second-order valence-corrected chi connectivity index (χ2v) is 3.28. The summed E-state index contributed by atoms with van der Waals surface area (Å²) in [5, 5.41) is 9.60. The number of alkyl halides is 1. The number of halogens is 1. The Bertz CT molecular complexity index is 156. The van der Waals surface area contributed by atoms with E-state index in [2.05, 4.69) is 0 Å². The van der Waals surface area contributed by atoms with Crippen LogP contribution in [0.3, 0.4) is 0 Å². The Morgan fingerprint density at radius 2 is 2.25 bits per heavy atom. The highest BCUT2D eigenvalue weighted by atomic mass is 19.1. The van der Waals surface area contributed by atoms with Crippen molar-refractivity contribution in [2.45, 2.75) is 44.4 Å². The average Bonchev–Trinajstić information content (AvgIpc) is 2.25. The fourth-order valence-electron chi connectivity index (χ4n) is 1.47. The molecule has 1 saturated heterocycles. The summed E-state index contributed by atoms with van der Waals surface area (Å²) >= 11 is 0. The van der Waals surface area contributed by atoms with E-state index in [0.717, 1.165) is 0 Å². The summed E-state index contributed by atoms with van der Waals surface area (Å²) < 4.78 is 23.3. The maximum Gasteiger partial charge on any atom is 0.189 e. The highest BCUT2D eigenvalue weighted by molar-refractivity contribution is 4.96. The quantitative estimate of drug-likeness (QED) is 0.681. The van der Waals surface area contributed by atoms with E-state index in [1.807, 2.05) is 6.92 Å². The first-order valence-corrected chi connectivity index (χ1v) is 4.08. The van der Waals surface area contributed by atoms with Gasteiger partial charge in [0.1, 0.15) is 5.60 Å². The fourth-order valence-corrected chi connectivity index (χ4v) is 1.47. The summed E-state index contributed by atoms with van der Waals surface area (Å²) in [5.74, 6) is 0. The normalized spacial score (nSPS) is 48.2. The molecular weight excluding hydrogens is 163 g/mol. The Hall–Kier alpha value is -0.190. The van der Waals surface area contributed by atoms with Crippen molar-refractivity contribution < 1.29 is 19.0 Å². The van der Waals surface area contributed by atoms with E-state index in [1.54, 1.807) is 0 Å². The topological polar surface area (TPSA) is 38.7 Å². The lowest BCUT2D eigenvalue weighted by molar-refractivity contribution is -0.182. The zero-order valence-electron chi connectivity index (χ0n) is 7.58. The minimum Gasteiger partial charge on any atom is -0.382 e. The molecule has 1 rings (SSSR count). The van der Waals surface area contributed by atoms with Crippen LogP contribution in [0.1, 0.15) is 20.3 Å². The molecule has 1 aliphatic heterocycles. The predicted octanol–water partition coefficient (Wildman–Crippen LogP) is 0.857. The molecule has 3 nitrogen and oxygen atoms in total. The smallest absolute Gasteiger partial charge is 0.189 e. The van der Waals surface area contributed by atoms with Gasteiger partial charge in [-0.2, -0.15) is 0 Å². The van der Waals surface area contributed by atoms with Gasteiger partial charge in [-0.15, -0.1) is 0 Å². The molecule has 0 spiro atoms. The van der Waals surface area contributed by atoms with Crippen molar-refractivity contribution in [1.29, 1.82) is 0 Å². The first kappa shape index (κ1) is 9.89. The van der Waals surface area contributed by atoms with E-state index < -0.39 is 24.2 Å². The molecular formula is C8H15FO3. The first-order chi connectivity index (χ1) is 5.54. The second-order valence-electron chi connectivity index (χ2n) is 3.28. The Balaban J connectivity index is 2.73. The largest absolute Gasteiger partial charge is 0.382 e. The zero-order chi connectivity index (χ0) is 9.35. The molecule has 1 N–H and O–H groups in total. The van der Waals surface area contributed by atoms with E-state index >= 15 is 0 Å². The monoisotopic (exact) mass is 178 g/mol. The Labute approximate surface area is 71.5 Å². The number of hydrogen-bond donors (Lipinski definition) is 1. The third kappa shape index (κ3) is 1.34. The molecule has 1 heterocycles. The van der Waals surface area contributed by atoms with Crippen molar-refractivity contribution in [3.05, 3.63) is 0 Å². The van der Waals surface area contributed by atoms with Gasteiger partial charge in [-0.1, -0.05) is 6.92 Å². The third-order valence-electron chi connectivity index (χ3n) is 2.28. The predicted molar refractivity (Wildman–Crippen MR) is 41.5 cm³/mol. The number of rotatable bonds is 2. The Morgan fingerprint density at radius 1 is 1.67 bits per heavy atom. The van der Waals surface area contributed by atoms with Gasteiger partial charge in [0.2, 0.25) is 0 Å². The Morgan fingerprint density at radius 3 is 2.50 bits per heavy atom. The van der Waals surface area contributed by atoms with Gasteiger partial charge in [0.15, 0.2) is 12.5 Å². The summed E-state index contributed by atoms with van der Waals surface area (Å²) in [4.78, 5) is 0. The van der Waals surface area contributed by atoms with Gasteiger partial charge in [-0.3, -0.25) is 0 Å². The molecule has 0 saturated carbocycles. The van der Waals surface area contributed by atoms with Gasteiger partial charge in [-0.25, -0.2) is 4.39 Å². The number of hydrogen-bond acceptors (Lipinski definition) is 3.